The maximum Gasteiger partial charge on any atom is 0.187 e. The fraction of sp³-hybridized carbons (Fsp3) is 0.133. The van der Waals surface area contributed by atoms with Crippen molar-refractivity contribution >= 4 is 5.69 Å². The zero-order chi connectivity index (χ0) is 14.7. The highest BCUT2D eigenvalue weighted by Gasteiger charge is 2.13. The molecule has 0 aliphatic heterocycles. The Bertz CT molecular complexity index is 736. The van der Waals surface area contributed by atoms with Crippen LogP contribution in [0.25, 0.3) is 17.1 Å². The summed E-state index contributed by atoms with van der Waals surface area (Å²) in [6.45, 7) is 0.497. The van der Waals surface area contributed by atoms with Gasteiger partial charge in [-0.1, -0.05) is 18.2 Å². The molecule has 2 N–H and O–H groups in total. The molecule has 0 atom stereocenters. The van der Waals surface area contributed by atoms with Gasteiger partial charge in [-0.15, -0.1) is 5.10 Å². The average molecular weight is 281 g/mol. The maximum atomic E-state index is 5.72. The fourth-order valence-electron chi connectivity index (χ4n) is 2.16. The molecule has 0 saturated carbocycles. The van der Waals surface area contributed by atoms with Crippen molar-refractivity contribution in [3.63, 3.8) is 0 Å². The van der Waals surface area contributed by atoms with Gasteiger partial charge in [0.25, 0.3) is 0 Å². The molecular weight excluding hydrogens is 266 g/mol. The van der Waals surface area contributed by atoms with Gasteiger partial charge in [-0.3, -0.25) is 0 Å². The van der Waals surface area contributed by atoms with Crippen LogP contribution < -0.4 is 5.73 Å². The molecule has 0 bridgehead atoms. The van der Waals surface area contributed by atoms with E-state index in [9.17, 15) is 0 Å². The first-order chi connectivity index (χ1) is 10.3. The van der Waals surface area contributed by atoms with Crippen LogP contribution in [0, 0.1) is 0 Å². The Morgan fingerprint density at radius 1 is 1.10 bits per heavy atom. The molecule has 0 amide bonds. The molecule has 0 radical (unpaired) electrons. The standard InChI is InChI=1S/C15H15N5O/c1-21-10-12-4-2-3-5-14(12)20-15(17-18-19-20)11-6-8-13(16)9-7-11/h2-9H,10,16H2,1H3. The molecule has 0 spiro atoms. The lowest BCUT2D eigenvalue weighted by molar-refractivity contribution is 0.184. The molecule has 0 aliphatic rings. The van der Waals surface area contributed by atoms with Gasteiger partial charge in [0.1, 0.15) is 0 Å². The summed E-state index contributed by atoms with van der Waals surface area (Å²) in [6, 6.07) is 15.3. The molecule has 0 saturated heterocycles. The smallest absolute Gasteiger partial charge is 0.187 e. The van der Waals surface area contributed by atoms with Gasteiger partial charge in [-0.2, -0.15) is 4.68 Å². The van der Waals surface area contributed by atoms with E-state index in [1.165, 1.54) is 0 Å². The van der Waals surface area contributed by atoms with Gasteiger partial charge in [0.2, 0.25) is 0 Å². The summed E-state index contributed by atoms with van der Waals surface area (Å²) >= 11 is 0. The Labute approximate surface area is 122 Å². The summed E-state index contributed by atoms with van der Waals surface area (Å²) in [5, 5.41) is 12.0. The van der Waals surface area contributed by atoms with Crippen LogP contribution >= 0.6 is 0 Å². The van der Waals surface area contributed by atoms with Gasteiger partial charge in [0.05, 0.1) is 12.3 Å². The molecule has 6 nitrogen and oxygen atoms in total. The number of nitrogen functional groups attached to an aromatic ring is 1. The van der Waals surface area contributed by atoms with Crippen molar-refractivity contribution in [2.24, 2.45) is 0 Å². The van der Waals surface area contributed by atoms with Crippen LogP contribution in [0.3, 0.4) is 0 Å². The number of methoxy groups -OCH3 is 1. The van der Waals surface area contributed by atoms with E-state index >= 15 is 0 Å². The number of anilines is 1. The van der Waals surface area contributed by atoms with E-state index in [-0.39, 0.29) is 0 Å². The lowest BCUT2D eigenvalue weighted by Gasteiger charge is -2.10. The molecule has 1 heterocycles. The zero-order valence-electron chi connectivity index (χ0n) is 11.6. The van der Waals surface area contributed by atoms with E-state index in [0.29, 0.717) is 18.1 Å². The first-order valence-electron chi connectivity index (χ1n) is 6.51. The second kappa shape index (κ2) is 5.72. The number of para-hydroxylation sites is 1. The Balaban J connectivity index is 2.09. The van der Waals surface area contributed by atoms with Crippen molar-refractivity contribution in [3.8, 4) is 17.1 Å². The van der Waals surface area contributed by atoms with Crippen LogP contribution in [0.5, 0.6) is 0 Å². The van der Waals surface area contributed by atoms with Crippen molar-refractivity contribution in [1.82, 2.24) is 20.2 Å². The number of tetrazole rings is 1. The first-order valence-corrected chi connectivity index (χ1v) is 6.51. The fourth-order valence-corrected chi connectivity index (χ4v) is 2.16. The van der Waals surface area contributed by atoms with Crippen LogP contribution in [0.1, 0.15) is 5.56 Å². The van der Waals surface area contributed by atoms with Gasteiger partial charge in [-0.05, 0) is 40.8 Å². The molecule has 6 heteroatoms. The Kier molecular flexibility index (Phi) is 3.61. The molecule has 21 heavy (non-hydrogen) atoms. The van der Waals surface area contributed by atoms with E-state index < -0.39 is 0 Å². The molecule has 1 aromatic heterocycles. The number of ether oxygens (including phenoxy) is 1. The van der Waals surface area contributed by atoms with E-state index in [2.05, 4.69) is 15.5 Å². The third-order valence-electron chi connectivity index (χ3n) is 3.16. The van der Waals surface area contributed by atoms with Crippen LogP contribution in [0.15, 0.2) is 48.5 Å². The highest BCUT2D eigenvalue weighted by Crippen LogP contribution is 2.22. The summed E-state index contributed by atoms with van der Waals surface area (Å²) < 4.78 is 6.94. The highest BCUT2D eigenvalue weighted by atomic mass is 16.5. The monoisotopic (exact) mass is 281 g/mol. The number of aromatic nitrogens is 4. The molecule has 106 valence electrons. The Morgan fingerprint density at radius 2 is 1.86 bits per heavy atom. The zero-order valence-corrected chi connectivity index (χ0v) is 11.6. The Hall–Kier alpha value is -2.73. The first kappa shape index (κ1) is 13.3. The molecule has 3 rings (SSSR count). The van der Waals surface area contributed by atoms with E-state index in [1.54, 1.807) is 11.8 Å². The van der Waals surface area contributed by atoms with E-state index in [1.807, 2.05) is 48.5 Å². The lowest BCUT2D eigenvalue weighted by atomic mass is 10.1. The quantitative estimate of drug-likeness (QED) is 0.740. The second-order valence-electron chi connectivity index (χ2n) is 4.60. The van der Waals surface area contributed by atoms with Crippen molar-refractivity contribution in [2.75, 3.05) is 12.8 Å². The number of hydrogen-bond donors (Lipinski definition) is 1. The largest absolute Gasteiger partial charge is 0.399 e. The van der Waals surface area contributed by atoms with Crippen molar-refractivity contribution in [2.45, 2.75) is 6.61 Å². The molecule has 2 aromatic carbocycles. The minimum atomic E-state index is 0.497. The lowest BCUT2D eigenvalue weighted by Crippen LogP contribution is -2.04. The number of rotatable bonds is 4. The highest BCUT2D eigenvalue weighted by molar-refractivity contribution is 5.61. The van der Waals surface area contributed by atoms with Gasteiger partial charge in [-0.25, -0.2) is 0 Å². The number of benzene rings is 2. The second-order valence-corrected chi connectivity index (χ2v) is 4.60. The summed E-state index contributed by atoms with van der Waals surface area (Å²) in [7, 11) is 1.66. The van der Waals surface area contributed by atoms with Crippen LogP contribution in [-0.2, 0) is 11.3 Å². The summed E-state index contributed by atoms with van der Waals surface area (Å²) in [4.78, 5) is 0. The summed E-state index contributed by atoms with van der Waals surface area (Å²) in [5.41, 5.74) is 9.24. The van der Waals surface area contributed by atoms with Crippen molar-refractivity contribution in [3.05, 3.63) is 54.1 Å². The van der Waals surface area contributed by atoms with Gasteiger partial charge in [0.15, 0.2) is 5.82 Å². The molecule has 0 unspecified atom stereocenters. The van der Waals surface area contributed by atoms with Crippen LogP contribution in [-0.4, -0.2) is 27.3 Å². The normalized spacial score (nSPS) is 10.7. The van der Waals surface area contributed by atoms with Crippen LogP contribution in [0.4, 0.5) is 5.69 Å². The third kappa shape index (κ3) is 2.61. The summed E-state index contributed by atoms with van der Waals surface area (Å²) in [5.74, 6) is 0.665. The molecule has 3 aromatic rings. The van der Waals surface area contributed by atoms with Crippen molar-refractivity contribution < 1.29 is 4.74 Å². The Morgan fingerprint density at radius 3 is 2.62 bits per heavy atom. The predicted molar refractivity (Wildman–Crippen MR) is 79.7 cm³/mol. The minimum absolute atomic E-state index is 0.497. The summed E-state index contributed by atoms with van der Waals surface area (Å²) in [6.07, 6.45) is 0. The number of nitrogens with zero attached hydrogens (tertiary/aromatic N) is 4. The van der Waals surface area contributed by atoms with Gasteiger partial charge >= 0.3 is 0 Å². The average Bonchev–Trinajstić information content (AvgIpc) is 2.98. The maximum absolute atomic E-state index is 5.72. The number of nitrogens with two attached hydrogens (primary N) is 1. The van der Waals surface area contributed by atoms with Crippen LogP contribution in [0.2, 0.25) is 0 Å². The SMILES string of the molecule is COCc1ccccc1-n1nnnc1-c1ccc(N)cc1. The molecule has 0 fully saturated rings. The van der Waals surface area contributed by atoms with Crippen molar-refractivity contribution in [1.29, 1.82) is 0 Å². The predicted octanol–water partition coefficient (Wildman–Crippen LogP) is 2.06. The van der Waals surface area contributed by atoms with Gasteiger partial charge < -0.3 is 10.5 Å². The molecular formula is C15H15N5O. The van der Waals surface area contributed by atoms with E-state index in [4.69, 9.17) is 10.5 Å². The number of hydrogen-bond acceptors (Lipinski definition) is 5. The third-order valence-corrected chi connectivity index (χ3v) is 3.16. The minimum Gasteiger partial charge on any atom is -0.399 e. The van der Waals surface area contributed by atoms with E-state index in [0.717, 1.165) is 16.8 Å². The molecule has 0 aliphatic carbocycles. The van der Waals surface area contributed by atoms with Gasteiger partial charge in [0, 0.05) is 23.9 Å². The topological polar surface area (TPSA) is 78.8 Å².